The first-order valence-corrected chi connectivity index (χ1v) is 9.47. The van der Waals surface area contributed by atoms with Gasteiger partial charge in [-0.1, -0.05) is 0 Å². The van der Waals surface area contributed by atoms with E-state index in [0.29, 0.717) is 36.0 Å². The van der Waals surface area contributed by atoms with Gasteiger partial charge in [0.25, 0.3) is 5.91 Å². The zero-order valence-corrected chi connectivity index (χ0v) is 16.3. The molecule has 9 nitrogen and oxygen atoms in total. The summed E-state index contributed by atoms with van der Waals surface area (Å²) in [5, 5.41) is 21.4. The number of nitrogens with zero attached hydrogens (tertiary/aromatic N) is 6. The number of aryl methyl sites for hydroxylation is 1. The van der Waals surface area contributed by atoms with Crippen LogP contribution in [0, 0.1) is 6.92 Å². The molecule has 0 saturated carbocycles. The van der Waals surface area contributed by atoms with Crippen molar-refractivity contribution in [2.75, 3.05) is 13.1 Å². The van der Waals surface area contributed by atoms with E-state index in [1.807, 2.05) is 16.5 Å². The molecular weight excluding hydrogens is 372 g/mol. The average Bonchev–Trinajstić information content (AvgIpc) is 3.33. The summed E-state index contributed by atoms with van der Waals surface area (Å²) >= 11 is 0. The molecule has 0 atom stereocenters. The van der Waals surface area contributed by atoms with Crippen LogP contribution in [0.4, 0.5) is 0 Å². The number of carbonyl (C=O) groups is 2. The van der Waals surface area contributed by atoms with Crippen molar-refractivity contribution in [3.05, 3.63) is 59.4 Å². The van der Waals surface area contributed by atoms with Gasteiger partial charge in [0.1, 0.15) is 17.7 Å². The zero-order valence-electron chi connectivity index (χ0n) is 16.3. The number of amides is 1. The number of benzene rings is 1. The van der Waals surface area contributed by atoms with Crippen LogP contribution < -0.4 is 0 Å². The number of hydrogen-bond donors (Lipinski definition) is 1. The van der Waals surface area contributed by atoms with Gasteiger partial charge in [0.15, 0.2) is 0 Å². The topological polar surface area (TPSA) is 106 Å². The molecule has 0 spiro atoms. The summed E-state index contributed by atoms with van der Waals surface area (Å²) < 4.78 is 3.50. The average molecular weight is 394 g/mol. The minimum atomic E-state index is -1.01. The molecule has 1 N–H and O–H groups in total. The predicted molar refractivity (Wildman–Crippen MR) is 104 cm³/mol. The molecule has 0 bridgehead atoms. The molecule has 0 unspecified atom stereocenters. The lowest BCUT2D eigenvalue weighted by molar-refractivity contribution is 0.0692. The minimum Gasteiger partial charge on any atom is -0.478 e. The van der Waals surface area contributed by atoms with Crippen LogP contribution in [-0.2, 0) is 7.05 Å². The Labute approximate surface area is 167 Å². The lowest BCUT2D eigenvalue weighted by Gasteiger charge is -2.31. The predicted octanol–water partition coefficient (Wildman–Crippen LogP) is 2.03. The number of hydrogen-bond acceptors (Lipinski definition) is 5. The highest BCUT2D eigenvalue weighted by Gasteiger charge is 2.27. The maximum Gasteiger partial charge on any atom is 0.339 e. The van der Waals surface area contributed by atoms with Crippen molar-refractivity contribution in [2.24, 2.45) is 7.05 Å². The van der Waals surface area contributed by atoms with Crippen LogP contribution in [0.3, 0.4) is 0 Å². The van der Waals surface area contributed by atoms with Crippen molar-refractivity contribution in [1.82, 2.24) is 29.4 Å². The normalized spacial score (nSPS) is 14.9. The van der Waals surface area contributed by atoms with E-state index >= 15 is 0 Å². The lowest BCUT2D eigenvalue weighted by atomic mass is 9.95. The van der Waals surface area contributed by atoms with Crippen molar-refractivity contribution in [3.8, 4) is 5.69 Å². The van der Waals surface area contributed by atoms with E-state index in [-0.39, 0.29) is 11.5 Å². The Bertz CT molecular complexity index is 1040. The quantitative estimate of drug-likeness (QED) is 0.726. The SMILES string of the molecule is Cc1c(C(=O)O)cnn1-c1ccc(C(=O)N2CCC(c3nncn3C)CC2)cc1. The molecule has 2 aromatic heterocycles. The molecule has 1 saturated heterocycles. The number of piperidine rings is 1. The third-order valence-corrected chi connectivity index (χ3v) is 5.49. The van der Waals surface area contributed by atoms with E-state index in [0.717, 1.165) is 18.7 Å². The van der Waals surface area contributed by atoms with Gasteiger partial charge in [-0.25, -0.2) is 9.48 Å². The van der Waals surface area contributed by atoms with Crippen LogP contribution in [0.25, 0.3) is 5.69 Å². The van der Waals surface area contributed by atoms with Gasteiger partial charge in [-0.2, -0.15) is 5.10 Å². The van der Waals surface area contributed by atoms with E-state index in [9.17, 15) is 9.59 Å². The Kier molecular flexibility index (Phi) is 4.87. The van der Waals surface area contributed by atoms with Crippen LogP contribution in [-0.4, -0.2) is 59.5 Å². The number of rotatable bonds is 4. The Morgan fingerprint density at radius 3 is 2.38 bits per heavy atom. The Morgan fingerprint density at radius 2 is 1.83 bits per heavy atom. The monoisotopic (exact) mass is 394 g/mol. The van der Waals surface area contributed by atoms with Gasteiger partial charge in [-0.3, -0.25) is 4.79 Å². The van der Waals surface area contributed by atoms with Crippen molar-refractivity contribution in [1.29, 1.82) is 0 Å². The van der Waals surface area contributed by atoms with Crippen LogP contribution in [0.5, 0.6) is 0 Å². The van der Waals surface area contributed by atoms with Gasteiger partial charge in [-0.15, -0.1) is 10.2 Å². The molecule has 150 valence electrons. The summed E-state index contributed by atoms with van der Waals surface area (Å²) in [6, 6.07) is 7.08. The summed E-state index contributed by atoms with van der Waals surface area (Å²) in [6.07, 6.45) is 4.76. The molecule has 4 rings (SSSR count). The second-order valence-electron chi connectivity index (χ2n) is 7.27. The fourth-order valence-electron chi connectivity index (χ4n) is 3.81. The van der Waals surface area contributed by atoms with Crippen molar-refractivity contribution < 1.29 is 14.7 Å². The molecule has 1 aliphatic rings. The number of likely N-dealkylation sites (tertiary alicyclic amines) is 1. The van der Waals surface area contributed by atoms with Crippen LogP contribution in [0.2, 0.25) is 0 Å². The fraction of sp³-hybridized carbons (Fsp3) is 0.350. The Morgan fingerprint density at radius 1 is 1.14 bits per heavy atom. The van der Waals surface area contributed by atoms with Crippen LogP contribution >= 0.6 is 0 Å². The molecule has 29 heavy (non-hydrogen) atoms. The fourth-order valence-corrected chi connectivity index (χ4v) is 3.81. The zero-order chi connectivity index (χ0) is 20.5. The third kappa shape index (κ3) is 3.51. The molecule has 0 aliphatic carbocycles. The highest BCUT2D eigenvalue weighted by atomic mass is 16.4. The van der Waals surface area contributed by atoms with Gasteiger partial charge in [-0.05, 0) is 44.0 Å². The summed E-state index contributed by atoms with van der Waals surface area (Å²) in [5.74, 6) is 0.276. The van der Waals surface area contributed by atoms with E-state index in [1.165, 1.54) is 6.20 Å². The summed E-state index contributed by atoms with van der Waals surface area (Å²) in [5.41, 5.74) is 2.03. The van der Waals surface area contributed by atoms with E-state index < -0.39 is 5.97 Å². The van der Waals surface area contributed by atoms with Crippen molar-refractivity contribution in [3.63, 3.8) is 0 Å². The molecule has 1 aromatic carbocycles. The Balaban J connectivity index is 1.44. The molecule has 1 fully saturated rings. The molecule has 9 heteroatoms. The highest BCUT2D eigenvalue weighted by molar-refractivity contribution is 5.94. The van der Waals surface area contributed by atoms with Gasteiger partial charge in [0.05, 0.1) is 17.6 Å². The second kappa shape index (κ2) is 7.50. The first-order chi connectivity index (χ1) is 14.0. The summed E-state index contributed by atoms with van der Waals surface area (Å²) in [6.45, 7) is 3.06. The summed E-state index contributed by atoms with van der Waals surface area (Å²) in [7, 11) is 1.94. The maximum absolute atomic E-state index is 12.9. The second-order valence-corrected chi connectivity index (χ2v) is 7.27. The first-order valence-electron chi connectivity index (χ1n) is 9.47. The number of aromatic nitrogens is 5. The molecule has 1 amide bonds. The maximum atomic E-state index is 12.9. The first kappa shape index (κ1) is 18.9. The van der Waals surface area contributed by atoms with Crippen molar-refractivity contribution >= 4 is 11.9 Å². The van der Waals surface area contributed by atoms with Crippen LogP contribution in [0.1, 0.15) is 51.0 Å². The van der Waals surface area contributed by atoms with Gasteiger partial charge < -0.3 is 14.6 Å². The molecule has 0 radical (unpaired) electrons. The number of aromatic carboxylic acids is 1. The molecular formula is C20H22N6O3. The molecule has 3 heterocycles. The van der Waals surface area contributed by atoms with Gasteiger partial charge in [0, 0.05) is 31.6 Å². The summed E-state index contributed by atoms with van der Waals surface area (Å²) in [4.78, 5) is 25.9. The highest BCUT2D eigenvalue weighted by Crippen LogP contribution is 2.27. The number of carboxylic acids is 1. The van der Waals surface area contributed by atoms with E-state index in [1.54, 1.807) is 42.2 Å². The van der Waals surface area contributed by atoms with E-state index in [2.05, 4.69) is 15.3 Å². The van der Waals surface area contributed by atoms with Gasteiger partial charge >= 0.3 is 5.97 Å². The lowest BCUT2D eigenvalue weighted by Crippen LogP contribution is -2.38. The minimum absolute atomic E-state index is 0.00335. The number of carbonyl (C=O) groups excluding carboxylic acids is 1. The van der Waals surface area contributed by atoms with Crippen LogP contribution in [0.15, 0.2) is 36.8 Å². The smallest absolute Gasteiger partial charge is 0.339 e. The van der Waals surface area contributed by atoms with Crippen molar-refractivity contribution in [2.45, 2.75) is 25.7 Å². The van der Waals surface area contributed by atoms with Gasteiger partial charge in [0.2, 0.25) is 0 Å². The number of carboxylic acid groups (broad SMARTS) is 1. The third-order valence-electron chi connectivity index (χ3n) is 5.49. The Hall–Kier alpha value is -3.49. The standard InChI is InChI=1S/C20H22N6O3/c1-13-17(20(28)29)11-22-26(13)16-5-3-15(4-6-16)19(27)25-9-7-14(8-10-25)18-23-21-12-24(18)2/h3-6,11-12,14H,7-10H2,1-2H3,(H,28,29). The largest absolute Gasteiger partial charge is 0.478 e. The molecule has 3 aromatic rings. The van der Waals surface area contributed by atoms with E-state index in [4.69, 9.17) is 5.11 Å². The molecule has 1 aliphatic heterocycles.